The van der Waals surface area contributed by atoms with Gasteiger partial charge in [-0.1, -0.05) is 12.1 Å². The van der Waals surface area contributed by atoms with E-state index in [0.717, 1.165) is 38.2 Å². The predicted molar refractivity (Wildman–Crippen MR) is 83.5 cm³/mol. The van der Waals surface area contributed by atoms with E-state index in [1.807, 2.05) is 14.1 Å². The molecule has 2 aliphatic rings. The van der Waals surface area contributed by atoms with Crippen LogP contribution in [0.3, 0.4) is 0 Å². The van der Waals surface area contributed by atoms with Crippen LogP contribution in [0.1, 0.15) is 36.4 Å². The van der Waals surface area contributed by atoms with Gasteiger partial charge in [0, 0.05) is 38.4 Å². The van der Waals surface area contributed by atoms with E-state index >= 15 is 0 Å². The number of aryl methyl sites for hydroxylation is 1. The lowest BCUT2D eigenvalue weighted by atomic mass is 9.85. The third-order valence-electron chi connectivity index (χ3n) is 4.85. The molecule has 0 aromatic heterocycles. The summed E-state index contributed by atoms with van der Waals surface area (Å²) in [5.74, 6) is 0.842. The summed E-state index contributed by atoms with van der Waals surface area (Å²) in [6, 6.07) is 6.94. The fourth-order valence-electron chi connectivity index (χ4n) is 3.59. The Hall–Kier alpha value is -1.39. The number of anilines is 1. The molecule has 2 heterocycles. The van der Waals surface area contributed by atoms with Crippen LogP contribution >= 0.6 is 0 Å². The normalized spacial score (nSPS) is 21.2. The average Bonchev–Trinajstić information content (AvgIpc) is 2.53. The summed E-state index contributed by atoms with van der Waals surface area (Å²) in [6.07, 6.45) is 3.70. The quantitative estimate of drug-likeness (QED) is 0.928. The summed E-state index contributed by atoms with van der Waals surface area (Å²) in [5.41, 5.74) is 3.70. The predicted octanol–water partition coefficient (Wildman–Crippen LogP) is 2.28. The Bertz CT molecular complexity index is 524. The lowest BCUT2D eigenvalue weighted by Gasteiger charge is -2.32. The Labute approximate surface area is 126 Å². The third kappa shape index (κ3) is 2.83. The second kappa shape index (κ2) is 6.16. The molecule has 0 saturated carbocycles. The molecule has 0 bridgehead atoms. The first kappa shape index (κ1) is 14.5. The van der Waals surface area contributed by atoms with Gasteiger partial charge < -0.3 is 15.0 Å². The van der Waals surface area contributed by atoms with Crippen molar-refractivity contribution in [1.29, 1.82) is 0 Å². The molecule has 1 unspecified atom stereocenters. The van der Waals surface area contributed by atoms with E-state index in [1.54, 1.807) is 4.90 Å². The topological polar surface area (TPSA) is 41.6 Å². The molecule has 1 fully saturated rings. The molecule has 21 heavy (non-hydrogen) atoms. The minimum atomic E-state index is 0.213. The summed E-state index contributed by atoms with van der Waals surface area (Å²) in [6.45, 7) is 1.73. The zero-order valence-electron chi connectivity index (χ0n) is 12.9. The van der Waals surface area contributed by atoms with Crippen LogP contribution in [0.2, 0.25) is 0 Å². The largest absolute Gasteiger partial charge is 0.381 e. The van der Waals surface area contributed by atoms with Gasteiger partial charge in [0.1, 0.15) is 0 Å². The number of ether oxygens (including phenoxy) is 1. The first-order valence-corrected chi connectivity index (χ1v) is 7.85. The van der Waals surface area contributed by atoms with E-state index in [-0.39, 0.29) is 5.91 Å². The van der Waals surface area contributed by atoms with Crippen molar-refractivity contribution in [3.63, 3.8) is 0 Å². The number of benzene rings is 1. The SMILES string of the molecule is CNC(c1ccc2c(c1)CCC(=O)N2C)C1CCOCC1. The summed E-state index contributed by atoms with van der Waals surface area (Å²) >= 11 is 0. The van der Waals surface area contributed by atoms with E-state index in [1.165, 1.54) is 11.1 Å². The highest BCUT2D eigenvalue weighted by atomic mass is 16.5. The fourth-order valence-corrected chi connectivity index (χ4v) is 3.59. The van der Waals surface area contributed by atoms with Crippen LogP contribution in [0.4, 0.5) is 5.69 Å². The van der Waals surface area contributed by atoms with Gasteiger partial charge >= 0.3 is 0 Å². The van der Waals surface area contributed by atoms with Gasteiger partial charge in [-0.2, -0.15) is 0 Å². The second-order valence-electron chi connectivity index (χ2n) is 6.06. The summed E-state index contributed by atoms with van der Waals surface area (Å²) in [5, 5.41) is 3.48. The third-order valence-corrected chi connectivity index (χ3v) is 4.85. The summed E-state index contributed by atoms with van der Waals surface area (Å²) in [7, 11) is 3.91. The van der Waals surface area contributed by atoms with Crippen molar-refractivity contribution in [1.82, 2.24) is 5.32 Å². The van der Waals surface area contributed by atoms with Crippen molar-refractivity contribution in [2.24, 2.45) is 5.92 Å². The highest BCUT2D eigenvalue weighted by Crippen LogP contribution is 2.34. The average molecular weight is 288 g/mol. The maximum Gasteiger partial charge on any atom is 0.227 e. The van der Waals surface area contributed by atoms with E-state index < -0.39 is 0 Å². The summed E-state index contributed by atoms with van der Waals surface area (Å²) in [4.78, 5) is 13.6. The van der Waals surface area contributed by atoms with Crippen molar-refractivity contribution in [3.8, 4) is 0 Å². The van der Waals surface area contributed by atoms with Crippen LogP contribution in [0, 0.1) is 5.92 Å². The van der Waals surface area contributed by atoms with Crippen LogP contribution < -0.4 is 10.2 Å². The molecule has 2 aliphatic heterocycles. The lowest BCUT2D eigenvalue weighted by Crippen LogP contribution is -2.32. The number of fused-ring (bicyclic) bond motifs is 1. The molecule has 0 radical (unpaired) electrons. The molecule has 1 atom stereocenters. The van der Waals surface area contributed by atoms with Gasteiger partial charge in [-0.15, -0.1) is 0 Å². The van der Waals surface area contributed by atoms with Gasteiger partial charge in [-0.25, -0.2) is 0 Å². The Morgan fingerprint density at radius 3 is 2.76 bits per heavy atom. The van der Waals surface area contributed by atoms with Crippen LogP contribution in [-0.4, -0.2) is 33.2 Å². The van der Waals surface area contributed by atoms with E-state index in [2.05, 4.69) is 23.5 Å². The number of hydrogen-bond acceptors (Lipinski definition) is 3. The van der Waals surface area contributed by atoms with E-state index in [4.69, 9.17) is 4.74 Å². The van der Waals surface area contributed by atoms with Crippen LogP contribution in [0.5, 0.6) is 0 Å². The van der Waals surface area contributed by atoms with Crippen LogP contribution in [0.15, 0.2) is 18.2 Å². The first-order valence-electron chi connectivity index (χ1n) is 7.85. The van der Waals surface area contributed by atoms with Gasteiger partial charge in [0.25, 0.3) is 0 Å². The molecular formula is C17H24N2O2. The van der Waals surface area contributed by atoms with Gasteiger partial charge in [0.15, 0.2) is 0 Å². The van der Waals surface area contributed by atoms with Crippen molar-refractivity contribution >= 4 is 11.6 Å². The number of nitrogens with zero attached hydrogens (tertiary/aromatic N) is 1. The van der Waals surface area contributed by atoms with E-state index in [9.17, 15) is 4.79 Å². The van der Waals surface area contributed by atoms with Crippen molar-refractivity contribution in [3.05, 3.63) is 29.3 Å². The number of carbonyl (C=O) groups is 1. The molecule has 1 saturated heterocycles. The van der Waals surface area contributed by atoms with Crippen molar-refractivity contribution in [2.45, 2.75) is 31.7 Å². The summed E-state index contributed by atoms with van der Waals surface area (Å²) < 4.78 is 5.47. The maximum atomic E-state index is 11.8. The molecule has 1 aromatic rings. The second-order valence-corrected chi connectivity index (χ2v) is 6.06. The smallest absolute Gasteiger partial charge is 0.227 e. The molecule has 0 spiro atoms. The number of nitrogens with one attached hydrogen (secondary N) is 1. The highest BCUT2D eigenvalue weighted by molar-refractivity contribution is 5.95. The first-order chi connectivity index (χ1) is 10.2. The Morgan fingerprint density at radius 2 is 2.05 bits per heavy atom. The maximum absolute atomic E-state index is 11.8. The fraction of sp³-hybridized carbons (Fsp3) is 0.588. The van der Waals surface area contributed by atoms with Gasteiger partial charge in [0.05, 0.1) is 0 Å². The van der Waals surface area contributed by atoms with Crippen molar-refractivity contribution < 1.29 is 9.53 Å². The highest BCUT2D eigenvalue weighted by Gasteiger charge is 2.26. The Morgan fingerprint density at radius 1 is 1.29 bits per heavy atom. The standard InChI is InChI=1S/C17H24N2O2/c1-18-17(12-7-9-21-10-8-12)14-3-5-15-13(11-14)4-6-16(20)19(15)2/h3,5,11-12,17-18H,4,6-10H2,1-2H3. The van der Waals surface area contributed by atoms with Gasteiger partial charge in [-0.3, -0.25) is 4.79 Å². The zero-order valence-corrected chi connectivity index (χ0v) is 12.9. The number of amides is 1. The van der Waals surface area contributed by atoms with E-state index in [0.29, 0.717) is 18.4 Å². The monoisotopic (exact) mass is 288 g/mol. The molecular weight excluding hydrogens is 264 g/mol. The Kier molecular flexibility index (Phi) is 4.27. The molecule has 0 aliphatic carbocycles. The minimum Gasteiger partial charge on any atom is -0.381 e. The molecule has 1 aromatic carbocycles. The number of rotatable bonds is 3. The Balaban J connectivity index is 1.86. The molecule has 1 amide bonds. The zero-order chi connectivity index (χ0) is 14.8. The molecule has 3 rings (SSSR count). The number of carbonyl (C=O) groups excluding carboxylic acids is 1. The van der Waals surface area contributed by atoms with Gasteiger partial charge in [-0.05, 0) is 49.4 Å². The minimum absolute atomic E-state index is 0.213. The molecule has 4 heteroatoms. The molecule has 1 N–H and O–H groups in total. The molecule has 4 nitrogen and oxygen atoms in total. The lowest BCUT2D eigenvalue weighted by molar-refractivity contribution is -0.118. The molecule has 114 valence electrons. The van der Waals surface area contributed by atoms with Crippen molar-refractivity contribution in [2.75, 3.05) is 32.2 Å². The number of hydrogen-bond donors (Lipinski definition) is 1. The van der Waals surface area contributed by atoms with Gasteiger partial charge in [0.2, 0.25) is 5.91 Å². The van der Waals surface area contributed by atoms with Crippen LogP contribution in [-0.2, 0) is 16.0 Å². The van der Waals surface area contributed by atoms with Crippen LogP contribution in [0.25, 0.3) is 0 Å².